The molecule has 1 heterocycles. The van der Waals surface area contributed by atoms with Crippen molar-refractivity contribution in [2.75, 3.05) is 0 Å². The summed E-state index contributed by atoms with van der Waals surface area (Å²) in [6.07, 6.45) is 3.82. The van der Waals surface area contributed by atoms with Crippen molar-refractivity contribution in [3.8, 4) is 0 Å². The number of rotatable bonds is 1. The second-order valence-corrected chi connectivity index (χ2v) is 7.29. The quantitative estimate of drug-likeness (QED) is 0.534. The van der Waals surface area contributed by atoms with Crippen molar-refractivity contribution in [2.24, 2.45) is 0 Å². The molecular weight excluding hydrogens is 258 g/mol. The SMILES string of the molecule is [Cl][Ru]([Cl])=[CH][n+]1ccccc1. The maximum atomic E-state index is 5.64. The van der Waals surface area contributed by atoms with E-state index in [1.807, 2.05) is 39.9 Å². The molecule has 0 saturated heterocycles. The number of aromatic nitrogens is 1. The van der Waals surface area contributed by atoms with Gasteiger partial charge in [-0.25, -0.2) is 0 Å². The van der Waals surface area contributed by atoms with Crippen LogP contribution in [-0.4, -0.2) is 4.73 Å². The first-order valence-corrected chi connectivity index (χ1v) is 8.06. The van der Waals surface area contributed by atoms with E-state index in [4.69, 9.17) is 19.4 Å². The zero-order chi connectivity index (χ0) is 7.40. The minimum atomic E-state index is -1.65. The predicted molar refractivity (Wildman–Crippen MR) is 39.8 cm³/mol. The average Bonchev–Trinajstić information content (AvgIpc) is 1.88. The topological polar surface area (TPSA) is 3.88 Å². The molecule has 0 amide bonds. The maximum absolute atomic E-state index is 5.64. The molecule has 0 radical (unpaired) electrons. The molecule has 0 fully saturated rings. The Labute approximate surface area is 72.7 Å². The molecule has 0 unspecified atom stereocenters. The minimum absolute atomic E-state index is 1.65. The molecule has 0 N–H and O–H groups in total. The molecule has 56 valence electrons. The van der Waals surface area contributed by atoms with Crippen LogP contribution in [0.25, 0.3) is 0 Å². The van der Waals surface area contributed by atoms with E-state index in [0.29, 0.717) is 0 Å². The zero-order valence-electron chi connectivity index (χ0n) is 5.02. The fourth-order valence-corrected chi connectivity index (χ4v) is 2.19. The predicted octanol–water partition coefficient (Wildman–Crippen LogP) is 1.51. The van der Waals surface area contributed by atoms with Crippen LogP contribution in [0.1, 0.15) is 0 Å². The number of nitrogens with zero attached hydrogens (tertiary/aromatic N) is 1. The van der Waals surface area contributed by atoms with Gasteiger partial charge in [0, 0.05) is 0 Å². The molecule has 0 spiro atoms. The Morgan fingerprint density at radius 2 is 1.70 bits per heavy atom. The van der Waals surface area contributed by atoms with Crippen LogP contribution >= 0.6 is 19.4 Å². The first-order valence-electron chi connectivity index (χ1n) is 2.58. The molecule has 0 aliphatic rings. The van der Waals surface area contributed by atoms with Gasteiger partial charge < -0.3 is 0 Å². The van der Waals surface area contributed by atoms with Crippen molar-refractivity contribution in [3.63, 3.8) is 0 Å². The second-order valence-electron chi connectivity index (χ2n) is 1.62. The van der Waals surface area contributed by atoms with Gasteiger partial charge in [-0.2, -0.15) is 0 Å². The van der Waals surface area contributed by atoms with Crippen molar-refractivity contribution in [1.29, 1.82) is 0 Å². The van der Waals surface area contributed by atoms with Crippen LogP contribution in [0.2, 0.25) is 0 Å². The molecule has 0 aliphatic heterocycles. The Morgan fingerprint density at radius 3 is 2.20 bits per heavy atom. The van der Waals surface area contributed by atoms with Crippen molar-refractivity contribution < 1.29 is 18.1 Å². The van der Waals surface area contributed by atoms with Crippen molar-refractivity contribution in [1.82, 2.24) is 0 Å². The molecule has 0 aliphatic carbocycles. The van der Waals surface area contributed by atoms with Crippen LogP contribution < -0.4 is 4.57 Å². The van der Waals surface area contributed by atoms with Gasteiger partial charge in [0.1, 0.15) is 0 Å². The Kier molecular flexibility index (Phi) is 3.47. The molecule has 1 aromatic heterocycles. The summed E-state index contributed by atoms with van der Waals surface area (Å²) in [5, 5.41) is 0. The fourth-order valence-electron chi connectivity index (χ4n) is 0.553. The number of pyridine rings is 1. The van der Waals surface area contributed by atoms with Gasteiger partial charge in [0.15, 0.2) is 0 Å². The van der Waals surface area contributed by atoms with E-state index in [9.17, 15) is 0 Å². The van der Waals surface area contributed by atoms with E-state index in [2.05, 4.69) is 0 Å². The van der Waals surface area contributed by atoms with Gasteiger partial charge in [0.2, 0.25) is 0 Å². The normalized spacial score (nSPS) is 10.8. The molecule has 0 saturated carbocycles. The summed E-state index contributed by atoms with van der Waals surface area (Å²) in [5.74, 6) is 0. The molecule has 1 nitrogen and oxygen atoms in total. The first kappa shape index (κ1) is 8.32. The average molecular weight is 264 g/mol. The molecule has 0 atom stereocenters. The van der Waals surface area contributed by atoms with E-state index in [0.717, 1.165) is 0 Å². The molecule has 1 aromatic rings. The van der Waals surface area contributed by atoms with E-state index >= 15 is 0 Å². The monoisotopic (exact) mass is 264 g/mol. The summed E-state index contributed by atoms with van der Waals surface area (Å²) in [6.45, 7) is 0. The van der Waals surface area contributed by atoms with Gasteiger partial charge in [0.25, 0.3) is 0 Å². The summed E-state index contributed by atoms with van der Waals surface area (Å²) >= 11 is -1.65. The van der Waals surface area contributed by atoms with Gasteiger partial charge in [-0.05, 0) is 0 Å². The summed E-state index contributed by atoms with van der Waals surface area (Å²) in [4.78, 5) is 0. The summed E-state index contributed by atoms with van der Waals surface area (Å²) in [7, 11) is 11.3. The van der Waals surface area contributed by atoms with E-state index in [1.165, 1.54) is 0 Å². The van der Waals surface area contributed by atoms with Gasteiger partial charge in [-0.1, -0.05) is 0 Å². The van der Waals surface area contributed by atoms with Gasteiger partial charge in [-0.15, -0.1) is 0 Å². The third kappa shape index (κ3) is 2.87. The van der Waals surface area contributed by atoms with Crippen LogP contribution in [0.5, 0.6) is 0 Å². The summed E-state index contributed by atoms with van der Waals surface area (Å²) in [6, 6.07) is 5.81. The van der Waals surface area contributed by atoms with Crippen molar-refractivity contribution in [2.45, 2.75) is 0 Å². The zero-order valence-corrected chi connectivity index (χ0v) is 8.27. The Bertz CT molecular complexity index is 231. The van der Waals surface area contributed by atoms with Gasteiger partial charge in [-0.3, -0.25) is 0 Å². The Hall–Kier alpha value is 0.223. The molecule has 10 heavy (non-hydrogen) atoms. The Morgan fingerprint density at radius 1 is 1.10 bits per heavy atom. The fraction of sp³-hybridized carbons (Fsp3) is 0. The summed E-state index contributed by atoms with van der Waals surface area (Å²) < 4.78 is 3.71. The molecular formula is C6H6Cl2NRu+. The van der Waals surface area contributed by atoms with Gasteiger partial charge in [0.05, 0.1) is 0 Å². The third-order valence-corrected chi connectivity index (χ3v) is 2.59. The van der Waals surface area contributed by atoms with Crippen LogP contribution in [0.4, 0.5) is 0 Å². The van der Waals surface area contributed by atoms with Crippen molar-refractivity contribution >= 4 is 24.1 Å². The van der Waals surface area contributed by atoms with Crippen molar-refractivity contribution in [3.05, 3.63) is 30.6 Å². The number of hydrogen-bond acceptors (Lipinski definition) is 0. The Balaban J connectivity index is 2.87. The van der Waals surface area contributed by atoms with Crippen LogP contribution in [0, 0.1) is 0 Å². The number of halogens is 2. The summed E-state index contributed by atoms with van der Waals surface area (Å²) in [5.41, 5.74) is 0. The van der Waals surface area contributed by atoms with Gasteiger partial charge >= 0.3 is 72.8 Å². The van der Waals surface area contributed by atoms with Crippen LogP contribution in [0.3, 0.4) is 0 Å². The molecule has 0 bridgehead atoms. The van der Waals surface area contributed by atoms with E-state index in [-0.39, 0.29) is 0 Å². The van der Waals surface area contributed by atoms with Crippen LogP contribution in [-0.2, 0) is 13.5 Å². The van der Waals surface area contributed by atoms with Crippen LogP contribution in [0.15, 0.2) is 30.6 Å². The number of hydrogen-bond donors (Lipinski definition) is 0. The second kappa shape index (κ2) is 4.17. The molecule has 1 rings (SSSR count). The molecule has 0 aromatic carbocycles. The standard InChI is InChI=1S/C6H6N.2ClH.Ru/c1-7-5-3-2-4-6-7;;;/h1-6H;2*1H;/q+1;;;+2/p-2. The molecule has 4 heteroatoms. The van der Waals surface area contributed by atoms with E-state index in [1.54, 1.807) is 0 Å². The van der Waals surface area contributed by atoms with E-state index < -0.39 is 13.5 Å². The first-order chi connectivity index (χ1) is 4.79. The third-order valence-electron chi connectivity index (χ3n) is 0.913.